The summed E-state index contributed by atoms with van der Waals surface area (Å²) in [6.07, 6.45) is 2.70. The van der Waals surface area contributed by atoms with Crippen molar-refractivity contribution >= 4 is 29.3 Å². The zero-order valence-corrected chi connectivity index (χ0v) is 13.3. The van der Waals surface area contributed by atoms with Crippen LogP contribution in [-0.2, 0) is 5.75 Å². The molecule has 1 aromatic carbocycles. The van der Waals surface area contributed by atoms with Gasteiger partial charge in [-0.05, 0) is 18.9 Å². The van der Waals surface area contributed by atoms with Gasteiger partial charge >= 0.3 is 0 Å². The van der Waals surface area contributed by atoms with E-state index in [1.54, 1.807) is 18.0 Å². The van der Waals surface area contributed by atoms with Gasteiger partial charge in [-0.2, -0.15) is 0 Å². The predicted octanol–water partition coefficient (Wildman–Crippen LogP) is 4.55. The van der Waals surface area contributed by atoms with E-state index in [-0.39, 0.29) is 0 Å². The summed E-state index contributed by atoms with van der Waals surface area (Å²) in [6, 6.07) is 8.46. The number of nitrogens with zero attached hydrogens (tertiary/aromatic N) is 2. The molecule has 2 rings (SSSR count). The number of benzene rings is 1. The molecule has 0 saturated heterocycles. The Morgan fingerprint density at radius 3 is 2.95 bits per heavy atom. The van der Waals surface area contributed by atoms with Gasteiger partial charge in [-0.3, -0.25) is 0 Å². The first-order chi connectivity index (χ1) is 9.69. The van der Waals surface area contributed by atoms with Gasteiger partial charge in [0.25, 0.3) is 0 Å². The van der Waals surface area contributed by atoms with Crippen LogP contribution in [0.15, 0.2) is 35.5 Å². The third kappa shape index (κ3) is 4.39. The van der Waals surface area contributed by atoms with Gasteiger partial charge in [-0.1, -0.05) is 60.1 Å². The van der Waals surface area contributed by atoms with Crippen LogP contribution in [0, 0.1) is 6.92 Å². The molecule has 0 unspecified atom stereocenters. The third-order valence-electron chi connectivity index (χ3n) is 2.70. The lowest BCUT2D eigenvalue weighted by Gasteiger charge is -2.07. The van der Waals surface area contributed by atoms with E-state index in [0.717, 1.165) is 23.7 Å². The van der Waals surface area contributed by atoms with Crippen molar-refractivity contribution in [1.82, 2.24) is 9.97 Å². The molecule has 0 fully saturated rings. The minimum atomic E-state index is 0.602. The van der Waals surface area contributed by atoms with E-state index in [1.165, 1.54) is 11.1 Å². The molecule has 0 aliphatic rings. The Kier molecular flexibility index (Phi) is 5.68. The van der Waals surface area contributed by atoms with Gasteiger partial charge in [0.05, 0.1) is 11.2 Å². The molecule has 2 aromatic rings. The average molecular weight is 308 g/mol. The molecule has 106 valence electrons. The van der Waals surface area contributed by atoms with Gasteiger partial charge in [-0.25, -0.2) is 9.97 Å². The third-order valence-corrected chi connectivity index (χ3v) is 4.15. The van der Waals surface area contributed by atoms with Crippen LogP contribution in [0.1, 0.15) is 24.5 Å². The van der Waals surface area contributed by atoms with Crippen LogP contribution in [0.5, 0.6) is 0 Å². The van der Waals surface area contributed by atoms with Crippen LogP contribution in [0.2, 0.25) is 5.02 Å². The Morgan fingerprint density at radius 1 is 1.35 bits per heavy atom. The number of hydrogen-bond acceptors (Lipinski definition) is 4. The quantitative estimate of drug-likeness (QED) is 0.627. The molecule has 5 heteroatoms. The van der Waals surface area contributed by atoms with E-state index in [4.69, 9.17) is 11.6 Å². The van der Waals surface area contributed by atoms with E-state index in [1.807, 2.05) is 0 Å². The first kappa shape index (κ1) is 15.1. The van der Waals surface area contributed by atoms with E-state index in [9.17, 15) is 0 Å². The molecule has 1 N–H and O–H groups in total. The Balaban J connectivity index is 2.04. The molecule has 20 heavy (non-hydrogen) atoms. The predicted molar refractivity (Wildman–Crippen MR) is 86.6 cm³/mol. The molecule has 0 atom stereocenters. The highest BCUT2D eigenvalue weighted by Gasteiger charge is 2.06. The van der Waals surface area contributed by atoms with E-state index in [2.05, 4.69) is 53.4 Å². The second kappa shape index (κ2) is 7.50. The molecule has 0 radical (unpaired) electrons. The topological polar surface area (TPSA) is 37.8 Å². The van der Waals surface area contributed by atoms with Crippen molar-refractivity contribution in [1.29, 1.82) is 0 Å². The van der Waals surface area contributed by atoms with Crippen LogP contribution in [0.25, 0.3) is 0 Å². The molecule has 1 aromatic heterocycles. The number of hydrogen-bond donors (Lipinski definition) is 1. The van der Waals surface area contributed by atoms with Crippen molar-refractivity contribution in [2.45, 2.75) is 31.0 Å². The standard InChI is InChI=1S/C15H18ClN3S/c1-3-7-17-15-18-9-13(16)14(19-15)20-10-12-6-4-5-11(2)8-12/h4-6,8-9H,3,7,10H2,1-2H3,(H,17,18,19). The monoisotopic (exact) mass is 307 g/mol. The fourth-order valence-corrected chi connectivity index (χ4v) is 2.81. The van der Waals surface area contributed by atoms with Crippen LogP contribution in [0.3, 0.4) is 0 Å². The van der Waals surface area contributed by atoms with Crippen LogP contribution >= 0.6 is 23.4 Å². The smallest absolute Gasteiger partial charge is 0.223 e. The maximum absolute atomic E-state index is 6.15. The highest BCUT2D eigenvalue weighted by molar-refractivity contribution is 7.98. The summed E-state index contributed by atoms with van der Waals surface area (Å²) >= 11 is 7.79. The van der Waals surface area contributed by atoms with Crippen molar-refractivity contribution in [3.63, 3.8) is 0 Å². The van der Waals surface area contributed by atoms with Gasteiger partial charge in [0, 0.05) is 12.3 Å². The zero-order valence-electron chi connectivity index (χ0n) is 11.7. The van der Waals surface area contributed by atoms with E-state index >= 15 is 0 Å². The van der Waals surface area contributed by atoms with Crippen LogP contribution in [0.4, 0.5) is 5.95 Å². The van der Waals surface area contributed by atoms with E-state index in [0.29, 0.717) is 11.0 Å². The summed E-state index contributed by atoms with van der Waals surface area (Å²) < 4.78 is 0. The Bertz CT molecular complexity index is 575. The second-order valence-corrected chi connectivity index (χ2v) is 5.92. The molecule has 0 aliphatic carbocycles. The summed E-state index contributed by atoms with van der Waals surface area (Å²) in [5.74, 6) is 1.49. The zero-order chi connectivity index (χ0) is 14.4. The van der Waals surface area contributed by atoms with Crippen LogP contribution in [-0.4, -0.2) is 16.5 Å². The van der Waals surface area contributed by atoms with Crippen molar-refractivity contribution in [2.75, 3.05) is 11.9 Å². The molecule has 3 nitrogen and oxygen atoms in total. The minimum Gasteiger partial charge on any atom is -0.354 e. The molecular weight excluding hydrogens is 290 g/mol. The highest BCUT2D eigenvalue weighted by atomic mass is 35.5. The summed E-state index contributed by atoms with van der Waals surface area (Å²) in [5.41, 5.74) is 2.54. The summed E-state index contributed by atoms with van der Waals surface area (Å²) in [4.78, 5) is 8.63. The first-order valence-electron chi connectivity index (χ1n) is 6.64. The Hall–Kier alpha value is -1.26. The fourth-order valence-electron chi connectivity index (χ4n) is 1.73. The molecule has 1 heterocycles. The number of aromatic nitrogens is 2. The van der Waals surface area contributed by atoms with Gasteiger partial charge in [0.1, 0.15) is 5.03 Å². The molecule has 0 amide bonds. The average Bonchev–Trinajstić information content (AvgIpc) is 2.45. The van der Waals surface area contributed by atoms with Crippen molar-refractivity contribution in [3.8, 4) is 0 Å². The molecular formula is C15H18ClN3S. The maximum atomic E-state index is 6.15. The van der Waals surface area contributed by atoms with Crippen LogP contribution < -0.4 is 5.32 Å². The summed E-state index contributed by atoms with van der Waals surface area (Å²) in [7, 11) is 0. The van der Waals surface area contributed by atoms with Gasteiger partial charge in [0.2, 0.25) is 5.95 Å². The Morgan fingerprint density at radius 2 is 2.20 bits per heavy atom. The second-order valence-electron chi connectivity index (χ2n) is 4.55. The van der Waals surface area contributed by atoms with E-state index < -0.39 is 0 Å². The summed E-state index contributed by atoms with van der Waals surface area (Å²) in [5, 5.41) is 4.60. The van der Waals surface area contributed by atoms with Crippen molar-refractivity contribution < 1.29 is 0 Å². The number of anilines is 1. The fraction of sp³-hybridized carbons (Fsp3) is 0.333. The number of thioether (sulfide) groups is 1. The number of halogens is 1. The lowest BCUT2D eigenvalue weighted by atomic mass is 10.2. The summed E-state index contributed by atoms with van der Waals surface area (Å²) in [6.45, 7) is 5.07. The first-order valence-corrected chi connectivity index (χ1v) is 8.00. The van der Waals surface area contributed by atoms with Gasteiger partial charge in [-0.15, -0.1) is 0 Å². The number of rotatable bonds is 6. The lowest BCUT2D eigenvalue weighted by Crippen LogP contribution is -2.04. The molecule has 0 bridgehead atoms. The molecule has 0 spiro atoms. The SMILES string of the molecule is CCCNc1ncc(Cl)c(SCc2cccc(C)c2)n1. The maximum Gasteiger partial charge on any atom is 0.223 e. The number of aryl methyl sites for hydroxylation is 1. The highest BCUT2D eigenvalue weighted by Crippen LogP contribution is 2.28. The molecule has 0 saturated carbocycles. The van der Waals surface area contributed by atoms with Crippen molar-refractivity contribution in [2.24, 2.45) is 0 Å². The minimum absolute atomic E-state index is 0.602. The molecule has 0 aliphatic heterocycles. The van der Waals surface area contributed by atoms with Gasteiger partial charge < -0.3 is 5.32 Å². The largest absolute Gasteiger partial charge is 0.354 e. The van der Waals surface area contributed by atoms with Crippen molar-refractivity contribution in [3.05, 3.63) is 46.6 Å². The normalized spacial score (nSPS) is 10.6. The lowest BCUT2D eigenvalue weighted by molar-refractivity contribution is 0.935. The Labute approximate surface area is 129 Å². The number of nitrogens with one attached hydrogen (secondary N) is 1. The van der Waals surface area contributed by atoms with Gasteiger partial charge in [0.15, 0.2) is 0 Å².